The predicted octanol–water partition coefficient (Wildman–Crippen LogP) is 5.66. The van der Waals surface area contributed by atoms with Crippen LogP contribution in [0, 0.1) is 20.8 Å². The molecule has 0 N–H and O–H groups in total. The van der Waals surface area contributed by atoms with Crippen molar-refractivity contribution in [1.82, 2.24) is 9.55 Å². The molecule has 0 bridgehead atoms. The molecule has 4 aromatic rings. The second kappa shape index (κ2) is 7.67. The van der Waals surface area contributed by atoms with Gasteiger partial charge in [-0.15, -0.1) is 0 Å². The van der Waals surface area contributed by atoms with E-state index in [1.165, 1.54) is 11.1 Å². The lowest BCUT2D eigenvalue weighted by Gasteiger charge is -2.22. The fourth-order valence-corrected chi connectivity index (χ4v) is 4.28. The maximum Gasteiger partial charge on any atom is 0.265 e. The summed E-state index contributed by atoms with van der Waals surface area (Å²) in [5.41, 5.74) is 6.33. The highest BCUT2D eigenvalue weighted by Crippen LogP contribution is 2.26. The van der Waals surface area contributed by atoms with E-state index in [0.29, 0.717) is 5.39 Å². The van der Waals surface area contributed by atoms with Gasteiger partial charge in [0.15, 0.2) is 0 Å². The maximum absolute atomic E-state index is 13.6. The Labute approximate surface area is 171 Å². The highest BCUT2D eigenvalue weighted by Gasteiger charge is 2.20. The minimum absolute atomic E-state index is 0.000523. The van der Waals surface area contributed by atoms with Crippen LogP contribution in [0.1, 0.15) is 40.9 Å². The first-order chi connectivity index (χ1) is 14.0. The van der Waals surface area contributed by atoms with Crippen LogP contribution in [-0.4, -0.2) is 9.55 Å². The number of benzene rings is 3. The summed E-state index contributed by atoms with van der Waals surface area (Å²) in [6, 6.07) is 22.3. The number of aromatic nitrogens is 2. The molecule has 0 aliphatic heterocycles. The van der Waals surface area contributed by atoms with Crippen LogP contribution in [0.25, 0.3) is 16.6 Å². The summed E-state index contributed by atoms with van der Waals surface area (Å²) in [6.45, 7) is 8.38. The van der Waals surface area contributed by atoms with Crippen LogP contribution in [0.3, 0.4) is 0 Å². The van der Waals surface area contributed by atoms with Gasteiger partial charge in [-0.1, -0.05) is 67.1 Å². The van der Waals surface area contributed by atoms with Gasteiger partial charge in [0, 0.05) is 5.92 Å². The van der Waals surface area contributed by atoms with E-state index in [2.05, 4.69) is 64.1 Å². The summed E-state index contributed by atoms with van der Waals surface area (Å²) < 4.78 is 1.85. The molecule has 4 rings (SSSR count). The molecule has 0 amide bonds. The van der Waals surface area contributed by atoms with Crippen molar-refractivity contribution in [3.8, 4) is 5.69 Å². The van der Waals surface area contributed by atoms with E-state index in [1.54, 1.807) is 0 Å². The average molecular weight is 383 g/mol. The zero-order valence-corrected chi connectivity index (χ0v) is 17.4. The largest absolute Gasteiger partial charge is 0.268 e. The Balaban J connectivity index is 1.98. The molecule has 0 fully saturated rings. The Morgan fingerprint density at radius 1 is 0.897 bits per heavy atom. The van der Waals surface area contributed by atoms with Crippen LogP contribution in [0.2, 0.25) is 0 Å². The molecule has 3 heteroatoms. The standard InChI is InChI=1S/C26H26N2O/c1-17-14-18(2)24(19(3)15-17)28-25(20(4)16-21-10-6-5-7-11-21)27-23-13-9-8-12-22(23)26(28)29/h5-15,20H,16H2,1-4H3/t20-/m0/s1/i2+0,3+1. The smallest absolute Gasteiger partial charge is 0.265 e. The highest BCUT2D eigenvalue weighted by molar-refractivity contribution is 5.78. The molecule has 1 aromatic heterocycles. The molecule has 29 heavy (non-hydrogen) atoms. The van der Waals surface area contributed by atoms with Gasteiger partial charge in [0.25, 0.3) is 5.56 Å². The van der Waals surface area contributed by atoms with Crippen molar-refractivity contribution in [3.05, 3.63) is 105 Å². The van der Waals surface area contributed by atoms with Crippen molar-refractivity contribution in [3.63, 3.8) is 0 Å². The van der Waals surface area contributed by atoms with Crippen LogP contribution in [0.5, 0.6) is 0 Å². The number of nitrogens with zero attached hydrogens (tertiary/aromatic N) is 2. The zero-order chi connectivity index (χ0) is 20.5. The van der Waals surface area contributed by atoms with E-state index in [-0.39, 0.29) is 11.5 Å². The predicted molar refractivity (Wildman–Crippen MR) is 120 cm³/mol. The Bertz CT molecular complexity index is 1220. The van der Waals surface area contributed by atoms with Gasteiger partial charge in [0.2, 0.25) is 0 Å². The second-order valence-electron chi connectivity index (χ2n) is 7.97. The first kappa shape index (κ1) is 19.1. The molecule has 1 heterocycles. The Hall–Kier alpha value is -3.20. The maximum atomic E-state index is 13.6. The van der Waals surface area contributed by atoms with Crippen LogP contribution in [0.4, 0.5) is 0 Å². The molecule has 0 saturated carbocycles. The third-order valence-electron chi connectivity index (χ3n) is 5.49. The molecule has 0 spiro atoms. The van der Waals surface area contributed by atoms with Crippen LogP contribution in [-0.2, 0) is 6.42 Å². The van der Waals surface area contributed by atoms with Gasteiger partial charge in [-0.3, -0.25) is 9.36 Å². The molecular formula is C26H26N2O. The fourth-order valence-electron chi connectivity index (χ4n) is 4.28. The number of para-hydroxylation sites is 1. The first-order valence-corrected chi connectivity index (χ1v) is 10.1. The van der Waals surface area contributed by atoms with E-state index in [9.17, 15) is 4.79 Å². The number of fused-ring (bicyclic) bond motifs is 1. The summed E-state index contributed by atoms with van der Waals surface area (Å²) >= 11 is 0. The van der Waals surface area contributed by atoms with Gasteiger partial charge in [-0.05, 0) is 56.0 Å². The number of hydrogen-bond donors (Lipinski definition) is 0. The monoisotopic (exact) mass is 383 g/mol. The summed E-state index contributed by atoms with van der Waals surface area (Å²) in [5.74, 6) is 0.905. The summed E-state index contributed by atoms with van der Waals surface area (Å²) in [4.78, 5) is 18.6. The summed E-state index contributed by atoms with van der Waals surface area (Å²) in [7, 11) is 0. The minimum Gasteiger partial charge on any atom is -0.268 e. The molecular weight excluding hydrogens is 357 g/mol. The Morgan fingerprint density at radius 3 is 2.21 bits per heavy atom. The van der Waals surface area contributed by atoms with E-state index in [0.717, 1.165) is 34.6 Å². The number of hydrogen-bond acceptors (Lipinski definition) is 2. The normalized spacial score (nSPS) is 12.3. The van der Waals surface area contributed by atoms with E-state index < -0.39 is 0 Å². The second-order valence-corrected chi connectivity index (χ2v) is 7.97. The number of aryl methyl sites for hydroxylation is 3. The Kier molecular flexibility index (Phi) is 5.06. The SMILES string of the molecule is Cc1cc([12CH3])c(-n2c([C@@H](C)Cc3ccccc3)nc3ccccc3c2=O)c([13CH3])c1. The molecule has 146 valence electrons. The minimum atomic E-state index is 0.000523. The molecule has 3 aromatic carbocycles. The van der Waals surface area contributed by atoms with Gasteiger partial charge < -0.3 is 0 Å². The quantitative estimate of drug-likeness (QED) is 0.426. The fraction of sp³-hybridized carbons (Fsp3) is 0.231. The first-order valence-electron chi connectivity index (χ1n) is 10.1. The van der Waals surface area contributed by atoms with Crippen molar-refractivity contribution in [2.24, 2.45) is 0 Å². The molecule has 3 nitrogen and oxygen atoms in total. The molecule has 0 saturated heterocycles. The number of rotatable bonds is 4. The third kappa shape index (κ3) is 3.61. The molecule has 0 aliphatic carbocycles. The van der Waals surface area contributed by atoms with Crippen LogP contribution < -0.4 is 5.56 Å². The van der Waals surface area contributed by atoms with Crippen LogP contribution in [0.15, 0.2) is 71.5 Å². The van der Waals surface area contributed by atoms with Gasteiger partial charge in [-0.2, -0.15) is 0 Å². The lowest BCUT2D eigenvalue weighted by Crippen LogP contribution is -2.27. The van der Waals surface area contributed by atoms with Crippen molar-refractivity contribution in [2.75, 3.05) is 0 Å². The van der Waals surface area contributed by atoms with Gasteiger partial charge >= 0.3 is 0 Å². The van der Waals surface area contributed by atoms with Crippen molar-refractivity contribution < 1.29 is 0 Å². The van der Waals surface area contributed by atoms with Crippen molar-refractivity contribution in [2.45, 2.75) is 40.0 Å². The topological polar surface area (TPSA) is 34.9 Å². The summed E-state index contributed by atoms with van der Waals surface area (Å²) in [6.07, 6.45) is 0.829. The zero-order valence-electron chi connectivity index (χ0n) is 17.4. The summed E-state index contributed by atoms with van der Waals surface area (Å²) in [5, 5.41) is 0.655. The van der Waals surface area contributed by atoms with E-state index in [4.69, 9.17) is 4.98 Å². The van der Waals surface area contributed by atoms with Gasteiger partial charge in [-0.25, -0.2) is 4.98 Å². The average Bonchev–Trinajstić information content (AvgIpc) is 2.69. The van der Waals surface area contributed by atoms with Crippen LogP contribution >= 0.6 is 0 Å². The van der Waals surface area contributed by atoms with Crippen molar-refractivity contribution >= 4 is 10.9 Å². The molecule has 0 unspecified atom stereocenters. The molecule has 1 atom stereocenters. The van der Waals surface area contributed by atoms with Crippen molar-refractivity contribution in [1.29, 1.82) is 0 Å². The lowest BCUT2D eigenvalue weighted by molar-refractivity contribution is 0.662. The van der Waals surface area contributed by atoms with E-state index >= 15 is 0 Å². The lowest BCUT2D eigenvalue weighted by atomic mass is 9.99. The van der Waals surface area contributed by atoms with Gasteiger partial charge in [0.1, 0.15) is 5.82 Å². The Morgan fingerprint density at radius 2 is 1.52 bits per heavy atom. The highest BCUT2D eigenvalue weighted by atomic mass is 16.1. The van der Waals surface area contributed by atoms with E-state index in [1.807, 2.05) is 34.9 Å². The third-order valence-corrected chi connectivity index (χ3v) is 5.49. The molecule has 0 aliphatic rings. The molecule has 0 radical (unpaired) electrons. The van der Waals surface area contributed by atoms with Gasteiger partial charge in [0.05, 0.1) is 16.6 Å².